The lowest BCUT2D eigenvalue weighted by Gasteiger charge is -2.17. The van der Waals surface area contributed by atoms with E-state index < -0.39 is 9.84 Å². The Morgan fingerprint density at radius 1 is 1.31 bits per heavy atom. The number of halogens is 1. The summed E-state index contributed by atoms with van der Waals surface area (Å²) >= 11 is 0. The summed E-state index contributed by atoms with van der Waals surface area (Å²) in [7, 11) is -2.95. The van der Waals surface area contributed by atoms with Gasteiger partial charge in [0.2, 0.25) is 0 Å². The summed E-state index contributed by atoms with van der Waals surface area (Å²) in [5, 5.41) is 6.44. The van der Waals surface area contributed by atoms with Crippen LogP contribution in [0.25, 0.3) is 0 Å². The number of nitrogens with one attached hydrogen (secondary N) is 2. The van der Waals surface area contributed by atoms with Crippen molar-refractivity contribution in [3.8, 4) is 5.75 Å². The number of rotatable bonds is 10. The number of hydrogen-bond donors (Lipinski definition) is 2. The predicted octanol–water partition coefficient (Wildman–Crippen LogP) is 2.97. The number of benzene rings is 1. The summed E-state index contributed by atoms with van der Waals surface area (Å²) in [6.07, 6.45) is 2.78. The lowest BCUT2D eigenvalue weighted by Crippen LogP contribution is -2.42. The molecular formula is C18H32IN3O3S. The molecule has 0 aliphatic rings. The topological polar surface area (TPSA) is 79.8 Å². The molecule has 0 aliphatic heterocycles. The minimum absolute atomic E-state index is 0. The van der Waals surface area contributed by atoms with Crippen molar-refractivity contribution in [3.63, 3.8) is 0 Å². The van der Waals surface area contributed by atoms with Crippen LogP contribution in [0.1, 0.15) is 39.2 Å². The van der Waals surface area contributed by atoms with Gasteiger partial charge in [-0.3, -0.25) is 0 Å². The monoisotopic (exact) mass is 497 g/mol. The van der Waals surface area contributed by atoms with Crippen LogP contribution in [0.2, 0.25) is 0 Å². The van der Waals surface area contributed by atoms with Crippen molar-refractivity contribution in [2.45, 2.75) is 46.2 Å². The molecule has 1 rings (SSSR count). The molecule has 26 heavy (non-hydrogen) atoms. The molecule has 6 nitrogen and oxygen atoms in total. The van der Waals surface area contributed by atoms with Crippen LogP contribution in [0.15, 0.2) is 29.3 Å². The van der Waals surface area contributed by atoms with Crippen molar-refractivity contribution in [3.05, 3.63) is 29.8 Å². The van der Waals surface area contributed by atoms with Crippen molar-refractivity contribution in [1.82, 2.24) is 10.6 Å². The molecule has 0 bridgehead atoms. The van der Waals surface area contributed by atoms with E-state index in [1.165, 1.54) is 6.26 Å². The largest absolute Gasteiger partial charge is 0.494 e. The Kier molecular flexibility index (Phi) is 12.7. The van der Waals surface area contributed by atoms with Gasteiger partial charge in [-0.15, -0.1) is 24.0 Å². The Bertz CT molecular complexity index is 651. The fourth-order valence-electron chi connectivity index (χ4n) is 2.14. The van der Waals surface area contributed by atoms with Gasteiger partial charge >= 0.3 is 0 Å². The van der Waals surface area contributed by atoms with Crippen LogP contribution in [0.4, 0.5) is 0 Å². The first-order valence-electron chi connectivity index (χ1n) is 8.78. The minimum atomic E-state index is -2.95. The number of aliphatic imine (C=N–C) groups is 1. The van der Waals surface area contributed by atoms with Gasteiger partial charge in [-0.25, -0.2) is 13.4 Å². The smallest absolute Gasteiger partial charge is 0.191 e. The number of nitrogens with zero attached hydrogens (tertiary/aromatic N) is 1. The van der Waals surface area contributed by atoms with Gasteiger partial charge in [0.15, 0.2) is 5.96 Å². The highest BCUT2D eigenvalue weighted by Gasteiger charge is 2.09. The fourth-order valence-corrected chi connectivity index (χ4v) is 2.92. The van der Waals surface area contributed by atoms with Crippen molar-refractivity contribution < 1.29 is 13.2 Å². The lowest BCUT2D eigenvalue weighted by molar-refractivity contribution is 0.317. The van der Waals surface area contributed by atoms with Gasteiger partial charge in [-0.05, 0) is 44.4 Å². The van der Waals surface area contributed by atoms with E-state index in [1.54, 1.807) is 0 Å². The Labute approximate surface area is 175 Å². The fraction of sp³-hybridized carbons (Fsp3) is 0.611. The average Bonchev–Trinajstić information content (AvgIpc) is 2.56. The van der Waals surface area contributed by atoms with Gasteiger partial charge in [-0.2, -0.15) is 0 Å². The van der Waals surface area contributed by atoms with E-state index in [1.807, 2.05) is 38.1 Å². The van der Waals surface area contributed by atoms with Crippen molar-refractivity contribution in [2.75, 3.05) is 25.2 Å². The van der Waals surface area contributed by atoms with E-state index >= 15 is 0 Å². The van der Waals surface area contributed by atoms with Crippen LogP contribution in [-0.2, 0) is 16.4 Å². The zero-order valence-corrected chi connectivity index (χ0v) is 19.3. The van der Waals surface area contributed by atoms with Crippen molar-refractivity contribution in [1.29, 1.82) is 0 Å². The summed E-state index contributed by atoms with van der Waals surface area (Å²) in [5.41, 5.74) is 1.06. The molecule has 1 aromatic carbocycles. The van der Waals surface area contributed by atoms with Crippen molar-refractivity contribution in [2.24, 2.45) is 4.99 Å². The highest BCUT2D eigenvalue weighted by molar-refractivity contribution is 14.0. The van der Waals surface area contributed by atoms with Gasteiger partial charge in [0, 0.05) is 18.8 Å². The minimum Gasteiger partial charge on any atom is -0.494 e. The third-order valence-electron chi connectivity index (χ3n) is 3.44. The Morgan fingerprint density at radius 3 is 2.65 bits per heavy atom. The Hall–Kier alpha value is -1.03. The van der Waals surface area contributed by atoms with Crippen molar-refractivity contribution >= 4 is 39.8 Å². The van der Waals surface area contributed by atoms with Crippen LogP contribution in [0.3, 0.4) is 0 Å². The van der Waals surface area contributed by atoms with Crippen LogP contribution < -0.4 is 15.4 Å². The van der Waals surface area contributed by atoms with E-state index in [2.05, 4.69) is 22.5 Å². The van der Waals surface area contributed by atoms with Crippen LogP contribution in [-0.4, -0.2) is 45.6 Å². The second-order valence-corrected chi connectivity index (χ2v) is 8.41. The molecular weight excluding hydrogens is 465 g/mol. The molecule has 0 spiro atoms. The Balaban J connectivity index is 0.00000625. The number of ether oxygens (including phenoxy) is 1. The maximum atomic E-state index is 11.3. The van der Waals surface area contributed by atoms with E-state index in [9.17, 15) is 8.42 Å². The van der Waals surface area contributed by atoms with E-state index in [-0.39, 0.29) is 35.8 Å². The van der Waals surface area contributed by atoms with Gasteiger partial charge in [0.25, 0.3) is 0 Å². The van der Waals surface area contributed by atoms with Gasteiger partial charge in [0.1, 0.15) is 15.6 Å². The van der Waals surface area contributed by atoms with Gasteiger partial charge in [-0.1, -0.05) is 19.1 Å². The Morgan fingerprint density at radius 2 is 2.04 bits per heavy atom. The van der Waals surface area contributed by atoms with Crippen LogP contribution in [0.5, 0.6) is 5.75 Å². The number of sulfone groups is 1. The standard InChI is InChI=1S/C18H31N3O3S.HI/c1-5-11-24-17-9-7-8-16(13-17)14-20-18(19-6-2)21-15(3)10-12-25(4,22)23;/h7-9,13,15H,5-6,10-12,14H2,1-4H3,(H2,19,20,21);1H. The molecule has 0 amide bonds. The molecule has 1 aromatic rings. The summed E-state index contributed by atoms with van der Waals surface area (Å²) < 4.78 is 28.2. The summed E-state index contributed by atoms with van der Waals surface area (Å²) in [6, 6.07) is 7.94. The first-order chi connectivity index (χ1) is 11.8. The van der Waals surface area contributed by atoms with E-state index in [0.717, 1.165) is 24.3 Å². The SMILES string of the molecule is CCCOc1cccc(CN=C(NCC)NC(C)CCS(C)(=O)=O)c1.I. The molecule has 0 saturated heterocycles. The summed E-state index contributed by atoms with van der Waals surface area (Å²) in [6.45, 7) is 8.00. The second-order valence-electron chi connectivity index (χ2n) is 6.15. The molecule has 0 fully saturated rings. The quantitative estimate of drug-likeness (QED) is 0.295. The first-order valence-corrected chi connectivity index (χ1v) is 10.8. The molecule has 0 saturated carbocycles. The highest BCUT2D eigenvalue weighted by atomic mass is 127. The molecule has 0 aliphatic carbocycles. The summed E-state index contributed by atoms with van der Waals surface area (Å²) in [5.74, 6) is 1.70. The van der Waals surface area contributed by atoms with Crippen LogP contribution >= 0.6 is 24.0 Å². The zero-order valence-electron chi connectivity index (χ0n) is 16.1. The predicted molar refractivity (Wildman–Crippen MR) is 119 cm³/mol. The molecule has 150 valence electrons. The molecule has 0 radical (unpaired) electrons. The normalized spacial score (nSPS) is 12.8. The third-order valence-corrected chi connectivity index (χ3v) is 4.42. The van der Waals surface area contributed by atoms with Gasteiger partial charge in [0.05, 0.1) is 18.9 Å². The molecule has 0 aromatic heterocycles. The molecule has 2 N–H and O–H groups in total. The number of hydrogen-bond acceptors (Lipinski definition) is 4. The maximum Gasteiger partial charge on any atom is 0.191 e. The zero-order chi connectivity index (χ0) is 18.7. The molecule has 1 unspecified atom stereocenters. The number of guanidine groups is 1. The second kappa shape index (κ2) is 13.2. The van der Waals surface area contributed by atoms with E-state index in [4.69, 9.17) is 4.74 Å². The lowest BCUT2D eigenvalue weighted by atomic mass is 10.2. The summed E-state index contributed by atoms with van der Waals surface area (Å²) in [4.78, 5) is 4.58. The first kappa shape index (κ1) is 25.0. The highest BCUT2D eigenvalue weighted by Crippen LogP contribution is 2.14. The average molecular weight is 497 g/mol. The van der Waals surface area contributed by atoms with Crippen LogP contribution in [0, 0.1) is 0 Å². The van der Waals surface area contributed by atoms with E-state index in [0.29, 0.717) is 25.5 Å². The molecule has 0 heterocycles. The maximum absolute atomic E-state index is 11.3. The molecule has 1 atom stereocenters. The third kappa shape index (κ3) is 11.6. The van der Waals surface area contributed by atoms with Gasteiger partial charge < -0.3 is 15.4 Å². The molecule has 8 heteroatoms.